The number of fused-ring (bicyclic) bond motifs is 1. The van der Waals surface area contributed by atoms with E-state index < -0.39 is 0 Å². The first-order valence-corrected chi connectivity index (χ1v) is 13.9. The summed E-state index contributed by atoms with van der Waals surface area (Å²) in [4.78, 5) is 18.7. The highest BCUT2D eigenvalue weighted by atomic mass is 16.5. The first-order chi connectivity index (χ1) is 18.6. The number of nitrogens with one attached hydrogen (secondary N) is 1. The molecule has 1 atom stereocenters. The van der Waals surface area contributed by atoms with Crippen molar-refractivity contribution in [1.29, 1.82) is 0 Å². The summed E-state index contributed by atoms with van der Waals surface area (Å²) in [6.07, 6.45) is 7.65. The largest absolute Gasteiger partial charge is 0.496 e. The van der Waals surface area contributed by atoms with Crippen LogP contribution in [0.5, 0.6) is 5.75 Å². The fraction of sp³-hybridized carbons (Fsp3) is 0.467. The molecule has 1 aliphatic carbocycles. The Kier molecular flexibility index (Phi) is 8.17. The average molecular weight is 515 g/mol. The zero-order chi connectivity index (χ0) is 26.5. The zero-order valence-corrected chi connectivity index (χ0v) is 22.7. The third-order valence-electron chi connectivity index (χ3n) is 7.90. The van der Waals surface area contributed by atoms with Gasteiger partial charge in [-0.25, -0.2) is 4.68 Å². The Morgan fingerprint density at radius 3 is 2.61 bits per heavy atom. The van der Waals surface area contributed by atoms with Crippen LogP contribution in [0.15, 0.2) is 53.3 Å². The molecule has 1 N–H and O–H groups in total. The van der Waals surface area contributed by atoms with Gasteiger partial charge < -0.3 is 9.72 Å². The molecule has 2 heterocycles. The van der Waals surface area contributed by atoms with E-state index in [1.54, 1.807) is 7.11 Å². The lowest BCUT2D eigenvalue weighted by Crippen LogP contribution is -2.33. The van der Waals surface area contributed by atoms with Crippen molar-refractivity contribution in [3.8, 4) is 5.75 Å². The van der Waals surface area contributed by atoms with Crippen molar-refractivity contribution >= 4 is 10.9 Å². The summed E-state index contributed by atoms with van der Waals surface area (Å²) >= 11 is 0. The number of benzene rings is 2. The fourth-order valence-corrected chi connectivity index (χ4v) is 5.80. The quantitative estimate of drug-likeness (QED) is 0.290. The van der Waals surface area contributed by atoms with Gasteiger partial charge in [-0.1, -0.05) is 57.4 Å². The van der Waals surface area contributed by atoms with Crippen LogP contribution in [0.4, 0.5) is 0 Å². The van der Waals surface area contributed by atoms with Crippen LogP contribution in [0, 0.1) is 0 Å². The van der Waals surface area contributed by atoms with Gasteiger partial charge in [0.15, 0.2) is 5.82 Å². The van der Waals surface area contributed by atoms with Gasteiger partial charge >= 0.3 is 0 Å². The van der Waals surface area contributed by atoms with Gasteiger partial charge in [0.1, 0.15) is 5.75 Å². The maximum Gasteiger partial charge on any atom is 0.252 e. The summed E-state index contributed by atoms with van der Waals surface area (Å²) in [5.74, 6) is 1.71. The number of tetrazole rings is 1. The van der Waals surface area contributed by atoms with Crippen LogP contribution >= 0.6 is 0 Å². The van der Waals surface area contributed by atoms with Crippen molar-refractivity contribution in [2.45, 2.75) is 84.0 Å². The number of aromatic nitrogens is 5. The third kappa shape index (κ3) is 5.50. The molecule has 0 radical (unpaired) electrons. The van der Waals surface area contributed by atoms with Gasteiger partial charge in [0, 0.05) is 29.7 Å². The van der Waals surface area contributed by atoms with E-state index in [1.807, 2.05) is 30.3 Å². The lowest BCUT2D eigenvalue weighted by atomic mass is 9.95. The first-order valence-electron chi connectivity index (χ1n) is 13.9. The highest BCUT2D eigenvalue weighted by Gasteiger charge is 2.29. The maximum atomic E-state index is 13.3. The Morgan fingerprint density at radius 1 is 1.05 bits per heavy atom. The third-order valence-corrected chi connectivity index (χ3v) is 7.90. The van der Waals surface area contributed by atoms with Gasteiger partial charge in [0.25, 0.3) is 5.56 Å². The number of methoxy groups -OCH3 is 1. The van der Waals surface area contributed by atoms with Crippen molar-refractivity contribution in [3.63, 3.8) is 0 Å². The van der Waals surface area contributed by atoms with Crippen LogP contribution in [0.3, 0.4) is 0 Å². The van der Waals surface area contributed by atoms with Crippen LogP contribution in [-0.2, 0) is 19.5 Å². The van der Waals surface area contributed by atoms with E-state index in [9.17, 15) is 4.79 Å². The molecule has 1 saturated carbocycles. The number of rotatable bonds is 10. The number of aryl methyl sites for hydroxylation is 1. The van der Waals surface area contributed by atoms with E-state index in [4.69, 9.17) is 4.74 Å². The lowest BCUT2D eigenvalue weighted by Gasteiger charge is -2.32. The summed E-state index contributed by atoms with van der Waals surface area (Å²) < 4.78 is 7.74. The van der Waals surface area contributed by atoms with E-state index in [0.717, 1.165) is 59.3 Å². The number of hydrogen-bond donors (Lipinski definition) is 1. The molecular formula is C30H38N6O2. The number of aromatic amines is 1. The highest BCUT2D eigenvalue weighted by molar-refractivity contribution is 5.79. The van der Waals surface area contributed by atoms with Gasteiger partial charge in [-0.05, 0) is 71.3 Å². The van der Waals surface area contributed by atoms with Gasteiger partial charge in [-0.15, -0.1) is 5.10 Å². The number of hydrogen-bond acceptors (Lipinski definition) is 6. The van der Waals surface area contributed by atoms with Crippen LogP contribution in [-0.4, -0.2) is 37.2 Å². The van der Waals surface area contributed by atoms with Crippen molar-refractivity contribution < 1.29 is 4.74 Å². The summed E-state index contributed by atoms with van der Waals surface area (Å²) in [6, 6.07) is 16.6. The molecular weight excluding hydrogens is 476 g/mol. The van der Waals surface area contributed by atoms with E-state index in [1.165, 1.54) is 24.8 Å². The molecule has 5 rings (SSSR count). The molecule has 0 amide bonds. The molecule has 0 saturated heterocycles. The molecule has 8 heteroatoms. The second-order valence-corrected chi connectivity index (χ2v) is 10.3. The minimum Gasteiger partial charge on any atom is -0.496 e. The van der Waals surface area contributed by atoms with Crippen LogP contribution in [0.1, 0.15) is 87.0 Å². The number of nitrogens with zero attached hydrogens (tertiary/aromatic N) is 5. The van der Waals surface area contributed by atoms with Gasteiger partial charge in [0.2, 0.25) is 0 Å². The molecule has 38 heavy (non-hydrogen) atoms. The van der Waals surface area contributed by atoms with E-state index in [-0.39, 0.29) is 11.6 Å². The summed E-state index contributed by atoms with van der Waals surface area (Å²) in [6.45, 7) is 5.38. The molecule has 0 spiro atoms. The summed E-state index contributed by atoms with van der Waals surface area (Å²) in [5.41, 5.74) is 3.85. The Morgan fingerprint density at radius 2 is 1.84 bits per heavy atom. The van der Waals surface area contributed by atoms with Gasteiger partial charge in [-0.3, -0.25) is 9.69 Å². The second-order valence-electron chi connectivity index (χ2n) is 10.3. The van der Waals surface area contributed by atoms with Crippen molar-refractivity contribution in [3.05, 3.63) is 81.4 Å². The molecule has 0 aliphatic heterocycles. The zero-order valence-electron chi connectivity index (χ0n) is 22.7. The Bertz CT molecular complexity index is 1420. The molecule has 1 aliphatic rings. The smallest absolute Gasteiger partial charge is 0.252 e. The molecule has 4 aromatic rings. The molecule has 0 bridgehead atoms. The van der Waals surface area contributed by atoms with E-state index >= 15 is 0 Å². The van der Waals surface area contributed by atoms with Crippen molar-refractivity contribution in [1.82, 2.24) is 30.1 Å². The summed E-state index contributed by atoms with van der Waals surface area (Å²) in [7, 11) is 1.70. The monoisotopic (exact) mass is 514 g/mol. The maximum absolute atomic E-state index is 13.3. The minimum absolute atomic E-state index is 0.0612. The van der Waals surface area contributed by atoms with E-state index in [0.29, 0.717) is 19.1 Å². The lowest BCUT2D eigenvalue weighted by molar-refractivity contribution is 0.153. The average Bonchev–Trinajstić information content (AvgIpc) is 3.44. The SMILES string of the molecule is CCc1ccc2[nH]c(=O)c(CN(Cc3ccccc3OC)[C@@H](CC)c3nnnn3C3CCCCC3)cc2c1. The van der Waals surface area contributed by atoms with Gasteiger partial charge in [-0.2, -0.15) is 0 Å². The highest BCUT2D eigenvalue weighted by Crippen LogP contribution is 2.33. The Hall–Kier alpha value is -3.52. The molecule has 2 aromatic carbocycles. The van der Waals surface area contributed by atoms with Crippen LogP contribution in [0.2, 0.25) is 0 Å². The Labute approximate surface area is 224 Å². The van der Waals surface area contributed by atoms with E-state index in [2.05, 4.69) is 62.1 Å². The standard InChI is InChI=1S/C30H38N6O2/c1-4-21-15-16-26-23(17-21)18-24(30(37)31-26)20-35(19-22-11-9-10-14-28(22)38-3)27(5-2)29-32-33-34-36(29)25-12-7-6-8-13-25/h9-11,14-18,25,27H,4-8,12-13,19-20H2,1-3H3,(H,31,37)/t27-/m0/s1. The molecule has 0 unspecified atom stereocenters. The topological polar surface area (TPSA) is 88.9 Å². The molecule has 200 valence electrons. The predicted molar refractivity (Wildman–Crippen MR) is 149 cm³/mol. The van der Waals surface area contributed by atoms with Crippen molar-refractivity contribution in [2.24, 2.45) is 0 Å². The number of pyridine rings is 1. The first kappa shape index (κ1) is 26.1. The number of H-pyrrole nitrogens is 1. The Balaban J connectivity index is 1.55. The molecule has 2 aromatic heterocycles. The van der Waals surface area contributed by atoms with Crippen LogP contribution < -0.4 is 10.3 Å². The number of ether oxygens (including phenoxy) is 1. The predicted octanol–water partition coefficient (Wildman–Crippen LogP) is 5.74. The normalized spacial score (nSPS) is 15.3. The second kappa shape index (κ2) is 11.9. The van der Waals surface area contributed by atoms with Gasteiger partial charge in [0.05, 0.1) is 19.2 Å². The minimum atomic E-state index is -0.0616. The van der Waals surface area contributed by atoms with Crippen molar-refractivity contribution in [2.75, 3.05) is 7.11 Å². The molecule has 1 fully saturated rings. The fourth-order valence-electron chi connectivity index (χ4n) is 5.80. The summed E-state index contributed by atoms with van der Waals surface area (Å²) in [5, 5.41) is 14.2. The van der Waals surface area contributed by atoms with Crippen LogP contribution in [0.25, 0.3) is 10.9 Å². The molecule has 8 nitrogen and oxygen atoms in total. The number of para-hydroxylation sites is 1.